The maximum absolute atomic E-state index is 14.5. The smallest absolute Gasteiger partial charge is 0.302 e. The van der Waals surface area contributed by atoms with E-state index in [2.05, 4.69) is 55.4 Å². The predicted molar refractivity (Wildman–Crippen MR) is 154 cm³/mol. The molecule has 0 bridgehead atoms. The Kier molecular flexibility index (Phi) is 8.20. The molecule has 222 valence electrons. The molecule has 0 saturated heterocycles. The van der Waals surface area contributed by atoms with Gasteiger partial charge in [-0.3, -0.25) is 14.4 Å². The fourth-order valence-electron chi connectivity index (χ4n) is 10.9. The van der Waals surface area contributed by atoms with Crippen LogP contribution in [0.2, 0.25) is 0 Å². The molecular weight excluding hydrogens is 488 g/mol. The lowest BCUT2D eigenvalue weighted by molar-refractivity contribution is -0.236. The quantitative estimate of drug-likeness (QED) is 0.306. The fourth-order valence-corrected chi connectivity index (χ4v) is 10.9. The van der Waals surface area contributed by atoms with Gasteiger partial charge in [0.2, 0.25) is 0 Å². The van der Waals surface area contributed by atoms with E-state index in [4.69, 9.17) is 9.47 Å². The molecule has 4 saturated carbocycles. The van der Waals surface area contributed by atoms with Crippen LogP contribution >= 0.6 is 0 Å². The molecule has 5 nitrogen and oxygen atoms in total. The van der Waals surface area contributed by atoms with Crippen LogP contribution in [0.25, 0.3) is 0 Å². The van der Waals surface area contributed by atoms with Crippen LogP contribution in [-0.2, 0) is 23.9 Å². The first kappa shape index (κ1) is 30.6. The monoisotopic (exact) mass is 544 g/mol. The van der Waals surface area contributed by atoms with Gasteiger partial charge < -0.3 is 9.47 Å². The Hall–Kier alpha value is -1.39. The van der Waals surface area contributed by atoms with Crippen molar-refractivity contribution in [3.8, 4) is 0 Å². The van der Waals surface area contributed by atoms with Gasteiger partial charge in [-0.1, -0.05) is 74.7 Å². The Morgan fingerprint density at radius 2 is 1.54 bits per heavy atom. The molecule has 0 aromatic rings. The van der Waals surface area contributed by atoms with Crippen molar-refractivity contribution in [2.75, 3.05) is 0 Å². The highest BCUT2D eigenvalue weighted by atomic mass is 16.5. The van der Waals surface area contributed by atoms with E-state index in [0.717, 1.165) is 38.0 Å². The van der Waals surface area contributed by atoms with Gasteiger partial charge in [0, 0.05) is 37.5 Å². The van der Waals surface area contributed by atoms with Crippen LogP contribution in [-0.4, -0.2) is 29.9 Å². The number of rotatable bonds is 7. The SMILES string of the molecule is CC(=O)O[C@H]1CC[C@]2(C)[C@@H]3C(=O)C[C@]4(C)[C@H]([C@H](C)CCCC(C)C)CC[C@]4(C)[C@H]3[C@H](OC(C)=O)C[C@@H]2C1(C)C. The molecule has 4 aliphatic rings. The van der Waals surface area contributed by atoms with Crippen LogP contribution in [0.15, 0.2) is 0 Å². The molecule has 5 heteroatoms. The van der Waals surface area contributed by atoms with Gasteiger partial charge in [0.25, 0.3) is 0 Å². The molecule has 0 aromatic carbocycles. The Morgan fingerprint density at radius 1 is 0.897 bits per heavy atom. The first-order chi connectivity index (χ1) is 18.0. The van der Waals surface area contributed by atoms with Gasteiger partial charge in [0.05, 0.1) is 0 Å². The molecule has 0 aromatic heterocycles. The van der Waals surface area contributed by atoms with E-state index in [-0.39, 0.29) is 63.6 Å². The highest BCUT2D eigenvalue weighted by Gasteiger charge is 2.72. The summed E-state index contributed by atoms with van der Waals surface area (Å²) in [6.45, 7) is 21.6. The first-order valence-corrected chi connectivity index (χ1v) is 15.9. The summed E-state index contributed by atoms with van der Waals surface area (Å²) in [6, 6.07) is 0. The highest BCUT2D eigenvalue weighted by Crippen LogP contribution is 2.74. The van der Waals surface area contributed by atoms with Crippen molar-refractivity contribution >= 4 is 17.7 Å². The van der Waals surface area contributed by atoms with Crippen molar-refractivity contribution in [1.82, 2.24) is 0 Å². The lowest BCUT2D eigenvalue weighted by Crippen LogP contribution is -2.68. The number of ether oxygens (including phenoxy) is 2. The van der Waals surface area contributed by atoms with E-state index >= 15 is 0 Å². The van der Waals surface area contributed by atoms with Gasteiger partial charge in [-0.15, -0.1) is 0 Å². The Bertz CT molecular complexity index is 969. The maximum atomic E-state index is 14.5. The Labute approximate surface area is 237 Å². The number of hydrogen-bond donors (Lipinski definition) is 0. The second-order valence-corrected chi connectivity index (χ2v) is 15.8. The molecule has 4 rings (SSSR count). The summed E-state index contributed by atoms with van der Waals surface area (Å²) in [5.41, 5.74) is -0.668. The summed E-state index contributed by atoms with van der Waals surface area (Å²) >= 11 is 0. The molecule has 0 N–H and O–H groups in total. The molecule has 0 amide bonds. The zero-order chi connectivity index (χ0) is 29.1. The summed E-state index contributed by atoms with van der Waals surface area (Å²) in [5, 5.41) is 0. The number of carbonyl (C=O) groups is 3. The molecule has 0 spiro atoms. The van der Waals surface area contributed by atoms with Crippen LogP contribution in [0.4, 0.5) is 0 Å². The van der Waals surface area contributed by atoms with E-state index in [0.29, 0.717) is 24.0 Å². The number of carbonyl (C=O) groups excluding carboxylic acids is 3. The van der Waals surface area contributed by atoms with E-state index in [1.807, 2.05) is 0 Å². The normalized spacial score (nSPS) is 43.7. The van der Waals surface area contributed by atoms with Crippen molar-refractivity contribution in [3.63, 3.8) is 0 Å². The summed E-state index contributed by atoms with van der Waals surface area (Å²) in [4.78, 5) is 39.0. The van der Waals surface area contributed by atoms with Gasteiger partial charge in [0.15, 0.2) is 0 Å². The third-order valence-corrected chi connectivity index (χ3v) is 12.9. The number of Topliss-reactive ketones (excluding diaryl/α,β-unsaturated/α-hetero) is 1. The zero-order valence-electron chi connectivity index (χ0n) is 26.5. The van der Waals surface area contributed by atoms with Crippen molar-refractivity contribution in [1.29, 1.82) is 0 Å². The summed E-state index contributed by atoms with van der Waals surface area (Å²) in [7, 11) is 0. The number of ketones is 1. The summed E-state index contributed by atoms with van der Waals surface area (Å²) in [6.07, 6.45) is 8.49. The second-order valence-electron chi connectivity index (χ2n) is 15.8. The molecule has 4 aliphatic carbocycles. The molecule has 0 aliphatic heterocycles. The lowest BCUT2D eigenvalue weighted by atomic mass is 9.37. The highest BCUT2D eigenvalue weighted by molar-refractivity contribution is 5.85. The topological polar surface area (TPSA) is 69.7 Å². The van der Waals surface area contributed by atoms with Gasteiger partial charge in [-0.25, -0.2) is 0 Å². The molecule has 0 heterocycles. The van der Waals surface area contributed by atoms with E-state index in [1.54, 1.807) is 0 Å². The van der Waals surface area contributed by atoms with Crippen LogP contribution in [0, 0.1) is 57.2 Å². The van der Waals surface area contributed by atoms with Gasteiger partial charge >= 0.3 is 11.9 Å². The Balaban J connectivity index is 1.73. The van der Waals surface area contributed by atoms with Gasteiger partial charge in [-0.2, -0.15) is 0 Å². The molecule has 0 unspecified atom stereocenters. The Morgan fingerprint density at radius 3 is 2.13 bits per heavy atom. The molecule has 4 fully saturated rings. The largest absolute Gasteiger partial charge is 0.462 e. The van der Waals surface area contributed by atoms with Crippen LogP contribution in [0.3, 0.4) is 0 Å². The first-order valence-electron chi connectivity index (χ1n) is 15.9. The number of hydrogen-bond acceptors (Lipinski definition) is 5. The third kappa shape index (κ3) is 4.90. The molecule has 0 radical (unpaired) electrons. The van der Waals surface area contributed by atoms with Gasteiger partial charge in [0.1, 0.15) is 18.0 Å². The van der Waals surface area contributed by atoms with E-state index in [9.17, 15) is 14.4 Å². The minimum absolute atomic E-state index is 0.0304. The lowest BCUT2D eigenvalue weighted by Gasteiger charge is -2.67. The van der Waals surface area contributed by atoms with E-state index in [1.165, 1.54) is 33.1 Å². The van der Waals surface area contributed by atoms with Crippen molar-refractivity contribution in [3.05, 3.63) is 0 Å². The van der Waals surface area contributed by atoms with Crippen LogP contribution in [0.1, 0.15) is 127 Å². The predicted octanol–water partition coefficient (Wildman–Crippen LogP) is 7.79. The van der Waals surface area contributed by atoms with Crippen molar-refractivity contribution in [2.45, 2.75) is 139 Å². The summed E-state index contributed by atoms with van der Waals surface area (Å²) < 4.78 is 12.1. The minimum Gasteiger partial charge on any atom is -0.462 e. The number of esters is 2. The maximum Gasteiger partial charge on any atom is 0.302 e. The zero-order valence-corrected chi connectivity index (χ0v) is 26.5. The molecule has 39 heavy (non-hydrogen) atoms. The fraction of sp³-hybridized carbons (Fsp3) is 0.912. The third-order valence-electron chi connectivity index (χ3n) is 12.9. The van der Waals surface area contributed by atoms with E-state index < -0.39 is 0 Å². The second kappa shape index (κ2) is 10.5. The van der Waals surface area contributed by atoms with Gasteiger partial charge in [-0.05, 0) is 72.0 Å². The molecular formula is C34H56O5. The average molecular weight is 545 g/mol. The standard InChI is InChI=1S/C34H56O5/c1-20(2)12-11-13-21(3)24-14-17-33(9)30-26(38-22(4)35)18-27-31(6,7)28(39-23(5)36)15-16-32(27,8)29(30)25(37)19-34(24,33)10/h20-21,24,26-30H,11-19H2,1-10H3/t21-,24+,26-,27-,28+,29-,30+,32+,33-,34-/m1/s1. The average Bonchev–Trinajstić information content (AvgIpc) is 3.07. The summed E-state index contributed by atoms with van der Waals surface area (Å²) in [5.74, 6) is 1.71. The minimum atomic E-state index is -0.312. The van der Waals surface area contributed by atoms with Crippen LogP contribution < -0.4 is 0 Å². The van der Waals surface area contributed by atoms with Crippen LogP contribution in [0.5, 0.6) is 0 Å². The molecule has 10 atom stereocenters. The van der Waals surface area contributed by atoms with Crippen molar-refractivity contribution < 1.29 is 23.9 Å². The van der Waals surface area contributed by atoms with Crippen molar-refractivity contribution in [2.24, 2.45) is 57.2 Å². The number of fused-ring (bicyclic) bond motifs is 5.